The molecule has 104 valence electrons. The Kier molecular flexibility index (Phi) is 4.98. The van der Waals surface area contributed by atoms with Gasteiger partial charge in [-0.2, -0.15) is 0 Å². The molecule has 0 unspecified atom stereocenters. The van der Waals surface area contributed by atoms with E-state index in [4.69, 9.17) is 11.6 Å². The minimum atomic E-state index is -0.421. The number of rotatable bonds is 4. The fourth-order valence-corrected chi connectivity index (χ4v) is 2.28. The van der Waals surface area contributed by atoms with Crippen molar-refractivity contribution in [3.63, 3.8) is 0 Å². The average Bonchev–Trinajstić information content (AvgIpc) is 2.38. The lowest BCUT2D eigenvalue weighted by Crippen LogP contribution is -2.22. The van der Waals surface area contributed by atoms with Gasteiger partial charge in [0.1, 0.15) is 5.82 Å². The Morgan fingerprint density at radius 1 is 1.25 bits per heavy atom. The Bertz CT molecular complexity index is 616. The van der Waals surface area contributed by atoms with Gasteiger partial charge in [-0.15, -0.1) is 0 Å². The molecule has 0 radical (unpaired) electrons. The van der Waals surface area contributed by atoms with Crippen LogP contribution in [0.25, 0.3) is 0 Å². The summed E-state index contributed by atoms with van der Waals surface area (Å²) in [5.74, 6) is -0.711. The first kappa shape index (κ1) is 14.8. The molecule has 2 N–H and O–H groups in total. The van der Waals surface area contributed by atoms with Crippen LogP contribution in [-0.2, 0) is 4.79 Å². The summed E-state index contributed by atoms with van der Waals surface area (Å²) in [4.78, 5) is 11.8. The van der Waals surface area contributed by atoms with E-state index in [1.54, 1.807) is 36.4 Å². The molecule has 6 heteroatoms. The largest absolute Gasteiger partial charge is 0.373 e. The predicted octanol–water partition coefficient (Wildman–Crippen LogP) is 4.29. The lowest BCUT2D eigenvalue weighted by atomic mass is 10.3. The van der Waals surface area contributed by atoms with Crippen LogP contribution in [-0.4, -0.2) is 12.5 Å². The minimum absolute atomic E-state index is 0.0496. The molecule has 0 fully saturated rings. The van der Waals surface area contributed by atoms with Gasteiger partial charge in [0.25, 0.3) is 0 Å². The smallest absolute Gasteiger partial charge is 0.243 e. The minimum Gasteiger partial charge on any atom is -0.373 e. The highest BCUT2D eigenvalue weighted by Gasteiger charge is 2.08. The summed E-state index contributed by atoms with van der Waals surface area (Å²) in [6.07, 6.45) is 0. The number of carbonyl (C=O) groups excluding carboxylic acids is 1. The fourth-order valence-electron chi connectivity index (χ4n) is 1.61. The van der Waals surface area contributed by atoms with E-state index in [9.17, 15) is 9.18 Å². The van der Waals surface area contributed by atoms with Gasteiger partial charge in [0.05, 0.1) is 12.2 Å². The van der Waals surface area contributed by atoms with Gasteiger partial charge in [-0.05, 0) is 46.3 Å². The molecule has 0 heterocycles. The summed E-state index contributed by atoms with van der Waals surface area (Å²) < 4.78 is 14.1. The number of hydrogen-bond acceptors (Lipinski definition) is 2. The summed E-state index contributed by atoms with van der Waals surface area (Å²) in [5, 5.41) is 5.95. The molecule has 0 atom stereocenters. The number of para-hydroxylation sites is 1. The first-order valence-corrected chi connectivity index (χ1v) is 6.96. The molecule has 0 aliphatic rings. The topological polar surface area (TPSA) is 41.1 Å². The summed E-state index contributed by atoms with van der Waals surface area (Å²) in [7, 11) is 0. The first-order chi connectivity index (χ1) is 9.56. The van der Waals surface area contributed by atoms with E-state index in [1.165, 1.54) is 6.07 Å². The molecule has 0 aliphatic carbocycles. The zero-order chi connectivity index (χ0) is 14.5. The molecule has 20 heavy (non-hydrogen) atoms. The van der Waals surface area contributed by atoms with E-state index < -0.39 is 5.82 Å². The Hall–Kier alpha value is -1.59. The van der Waals surface area contributed by atoms with Crippen LogP contribution in [0.2, 0.25) is 5.02 Å². The molecule has 0 saturated carbocycles. The number of halogens is 3. The first-order valence-electron chi connectivity index (χ1n) is 5.79. The van der Waals surface area contributed by atoms with Gasteiger partial charge in [0, 0.05) is 15.2 Å². The highest BCUT2D eigenvalue weighted by molar-refractivity contribution is 9.10. The number of amides is 1. The number of nitrogens with one attached hydrogen (secondary N) is 2. The third-order valence-electron chi connectivity index (χ3n) is 2.50. The van der Waals surface area contributed by atoms with Crippen LogP contribution in [0.15, 0.2) is 46.9 Å². The molecule has 0 saturated heterocycles. The Morgan fingerprint density at radius 2 is 2.00 bits per heavy atom. The Morgan fingerprint density at radius 3 is 2.70 bits per heavy atom. The third kappa shape index (κ3) is 3.95. The van der Waals surface area contributed by atoms with Gasteiger partial charge in [0.15, 0.2) is 0 Å². The van der Waals surface area contributed by atoms with E-state index in [2.05, 4.69) is 26.6 Å². The molecular weight excluding hydrogens is 347 g/mol. The molecule has 3 nitrogen and oxygen atoms in total. The standard InChI is InChI=1S/C14H11BrClFN2O/c15-11-5-2-6-12(17)14(11)18-8-13(20)19-10-4-1-3-9(16)7-10/h1-7,18H,8H2,(H,19,20). The van der Waals surface area contributed by atoms with Crippen LogP contribution in [0.4, 0.5) is 15.8 Å². The average molecular weight is 358 g/mol. The van der Waals surface area contributed by atoms with Crippen molar-refractivity contribution >= 4 is 44.8 Å². The SMILES string of the molecule is O=C(CNc1c(F)cccc1Br)Nc1cccc(Cl)c1. The van der Waals surface area contributed by atoms with Crippen molar-refractivity contribution in [3.05, 3.63) is 57.8 Å². The summed E-state index contributed by atoms with van der Waals surface area (Å²) in [6.45, 7) is -0.0496. The summed E-state index contributed by atoms with van der Waals surface area (Å²) in [6, 6.07) is 11.4. The maximum absolute atomic E-state index is 13.5. The van der Waals surface area contributed by atoms with Crippen molar-refractivity contribution in [2.75, 3.05) is 17.2 Å². The molecule has 1 amide bonds. The van der Waals surface area contributed by atoms with Crippen molar-refractivity contribution in [2.45, 2.75) is 0 Å². The Labute approximate surface area is 129 Å². The molecule has 0 bridgehead atoms. The van der Waals surface area contributed by atoms with Crippen LogP contribution >= 0.6 is 27.5 Å². The maximum atomic E-state index is 13.5. The van der Waals surface area contributed by atoms with Gasteiger partial charge in [0.2, 0.25) is 5.91 Å². The van der Waals surface area contributed by atoms with Gasteiger partial charge < -0.3 is 10.6 Å². The van der Waals surface area contributed by atoms with Crippen LogP contribution < -0.4 is 10.6 Å². The van der Waals surface area contributed by atoms with E-state index >= 15 is 0 Å². The molecule has 0 aliphatic heterocycles. The lowest BCUT2D eigenvalue weighted by Gasteiger charge is -2.10. The van der Waals surface area contributed by atoms with Gasteiger partial charge in [-0.3, -0.25) is 4.79 Å². The highest BCUT2D eigenvalue weighted by Crippen LogP contribution is 2.24. The van der Waals surface area contributed by atoms with Crippen molar-refractivity contribution in [1.29, 1.82) is 0 Å². The van der Waals surface area contributed by atoms with Gasteiger partial charge in [-0.25, -0.2) is 4.39 Å². The zero-order valence-corrected chi connectivity index (χ0v) is 12.6. The van der Waals surface area contributed by atoms with Gasteiger partial charge >= 0.3 is 0 Å². The lowest BCUT2D eigenvalue weighted by molar-refractivity contribution is -0.114. The van der Waals surface area contributed by atoms with Crippen molar-refractivity contribution in [3.8, 4) is 0 Å². The monoisotopic (exact) mass is 356 g/mol. The number of anilines is 2. The second kappa shape index (κ2) is 6.72. The molecule has 0 aromatic heterocycles. The van der Waals surface area contributed by atoms with E-state index in [0.717, 1.165) is 0 Å². The van der Waals surface area contributed by atoms with E-state index in [-0.39, 0.29) is 18.1 Å². The summed E-state index contributed by atoms with van der Waals surface area (Å²) in [5.41, 5.74) is 0.852. The van der Waals surface area contributed by atoms with Gasteiger partial charge in [-0.1, -0.05) is 23.7 Å². The second-order valence-electron chi connectivity index (χ2n) is 4.01. The van der Waals surface area contributed by atoms with E-state index in [0.29, 0.717) is 15.2 Å². The van der Waals surface area contributed by atoms with Crippen LogP contribution in [0.5, 0.6) is 0 Å². The fraction of sp³-hybridized carbons (Fsp3) is 0.0714. The quantitative estimate of drug-likeness (QED) is 0.857. The Balaban J connectivity index is 1.96. The van der Waals surface area contributed by atoms with Crippen LogP contribution in [0.3, 0.4) is 0 Å². The summed E-state index contributed by atoms with van der Waals surface area (Å²) >= 11 is 9.04. The zero-order valence-electron chi connectivity index (χ0n) is 10.3. The molecule has 2 aromatic rings. The molecule has 0 spiro atoms. The second-order valence-corrected chi connectivity index (χ2v) is 5.30. The third-order valence-corrected chi connectivity index (χ3v) is 3.39. The predicted molar refractivity (Wildman–Crippen MR) is 82.7 cm³/mol. The molecule has 2 aromatic carbocycles. The highest BCUT2D eigenvalue weighted by atomic mass is 79.9. The number of carbonyl (C=O) groups is 1. The maximum Gasteiger partial charge on any atom is 0.243 e. The normalized spacial score (nSPS) is 10.2. The van der Waals surface area contributed by atoms with Crippen molar-refractivity contribution in [1.82, 2.24) is 0 Å². The molecule has 2 rings (SSSR count). The molecular formula is C14H11BrClFN2O. The van der Waals surface area contributed by atoms with Crippen molar-refractivity contribution < 1.29 is 9.18 Å². The number of hydrogen-bond donors (Lipinski definition) is 2. The van der Waals surface area contributed by atoms with E-state index in [1.807, 2.05) is 0 Å². The van der Waals surface area contributed by atoms with Crippen molar-refractivity contribution in [2.24, 2.45) is 0 Å². The van der Waals surface area contributed by atoms with Crippen LogP contribution in [0, 0.1) is 5.82 Å². The van der Waals surface area contributed by atoms with Crippen LogP contribution in [0.1, 0.15) is 0 Å². The number of benzene rings is 2.